The van der Waals surface area contributed by atoms with Crippen LogP contribution < -0.4 is 5.32 Å². The van der Waals surface area contributed by atoms with E-state index in [0.717, 1.165) is 19.5 Å². The van der Waals surface area contributed by atoms with Crippen molar-refractivity contribution in [3.05, 3.63) is 0 Å². The minimum Gasteiger partial charge on any atom is -0.468 e. The number of hydrogen-bond donors (Lipinski definition) is 1. The van der Waals surface area contributed by atoms with Crippen LogP contribution in [0.4, 0.5) is 0 Å². The van der Waals surface area contributed by atoms with Gasteiger partial charge in [0, 0.05) is 19.1 Å². The number of rotatable bonds is 11. The second-order valence-electron chi connectivity index (χ2n) is 6.79. The minimum atomic E-state index is -3.01. The zero-order valence-corrected chi connectivity index (χ0v) is 17.2. The Bertz CT molecular complexity index is 437. The van der Waals surface area contributed by atoms with Crippen LogP contribution in [0.1, 0.15) is 40.5 Å². The van der Waals surface area contributed by atoms with Crippen molar-refractivity contribution in [3.63, 3.8) is 0 Å². The maximum atomic E-state index is 12.6. The second-order valence-corrected chi connectivity index (χ2v) is 8.97. The summed E-state index contributed by atoms with van der Waals surface area (Å²) in [6, 6.07) is 0.0541. The monoisotopic (exact) mass is 378 g/mol. The minimum absolute atomic E-state index is 0.234. The van der Waals surface area contributed by atoms with E-state index < -0.39 is 7.60 Å². The van der Waals surface area contributed by atoms with Crippen molar-refractivity contribution in [2.45, 2.75) is 52.6 Å². The first-order valence-electron chi connectivity index (χ1n) is 9.28. The van der Waals surface area contributed by atoms with Crippen LogP contribution in [0.3, 0.4) is 0 Å². The van der Waals surface area contributed by atoms with E-state index in [1.807, 2.05) is 13.8 Å². The number of esters is 1. The van der Waals surface area contributed by atoms with Gasteiger partial charge in [-0.25, -0.2) is 0 Å². The average Bonchev–Trinajstić information content (AvgIpc) is 2.55. The molecule has 1 N–H and O–H groups in total. The lowest BCUT2D eigenvalue weighted by atomic mass is 9.99. The Kier molecular flexibility index (Phi) is 10.2. The number of nitrogens with one attached hydrogen (secondary N) is 1. The lowest BCUT2D eigenvalue weighted by Crippen LogP contribution is -2.59. The van der Waals surface area contributed by atoms with Gasteiger partial charge >= 0.3 is 13.6 Å². The molecular formula is C17H35N2O5P. The average molecular weight is 378 g/mol. The van der Waals surface area contributed by atoms with Crippen molar-refractivity contribution >= 4 is 13.6 Å². The molecule has 0 spiro atoms. The molecule has 0 saturated carbocycles. The molecular weight excluding hydrogens is 343 g/mol. The third kappa shape index (κ3) is 7.75. The molecule has 25 heavy (non-hydrogen) atoms. The van der Waals surface area contributed by atoms with Gasteiger partial charge in [0.1, 0.15) is 6.04 Å². The molecule has 8 heteroatoms. The molecule has 0 radical (unpaired) electrons. The largest absolute Gasteiger partial charge is 0.468 e. The highest BCUT2D eigenvalue weighted by molar-refractivity contribution is 7.53. The first-order chi connectivity index (χ1) is 11.8. The Morgan fingerprint density at radius 1 is 1.28 bits per heavy atom. The smallest absolute Gasteiger partial charge is 0.330 e. The van der Waals surface area contributed by atoms with Crippen molar-refractivity contribution in [3.8, 4) is 0 Å². The maximum Gasteiger partial charge on any atom is 0.330 e. The van der Waals surface area contributed by atoms with Gasteiger partial charge in [0.25, 0.3) is 0 Å². The van der Waals surface area contributed by atoms with Crippen molar-refractivity contribution in [1.82, 2.24) is 10.2 Å². The SMILES string of the molecule is CCOP(=O)(CCCN1C[C@H](C(=O)OC)NC[C@@H]1CC(C)C)OCC. The van der Waals surface area contributed by atoms with Gasteiger partial charge in [0.2, 0.25) is 0 Å². The summed E-state index contributed by atoms with van der Waals surface area (Å²) in [6.45, 7) is 10.9. The number of methoxy groups -OCH3 is 1. The molecule has 0 unspecified atom stereocenters. The number of nitrogens with zero attached hydrogens (tertiary/aromatic N) is 1. The molecule has 0 bridgehead atoms. The standard InChI is InChI=1S/C17H35N2O5P/c1-6-23-25(21,24-7-2)10-8-9-19-13-16(17(20)22-5)18-12-15(19)11-14(3)4/h14-16,18H,6-13H2,1-5H3/t15-,16+/m0/s1. The summed E-state index contributed by atoms with van der Waals surface area (Å²) in [7, 11) is -1.60. The summed E-state index contributed by atoms with van der Waals surface area (Å²) in [6.07, 6.45) is 2.16. The molecule has 7 nitrogen and oxygen atoms in total. The van der Waals surface area contributed by atoms with Crippen LogP contribution in [-0.4, -0.2) is 69.1 Å². The summed E-state index contributed by atoms with van der Waals surface area (Å²) in [4.78, 5) is 14.2. The van der Waals surface area contributed by atoms with E-state index in [1.54, 1.807) is 0 Å². The number of ether oxygens (including phenoxy) is 1. The van der Waals surface area contributed by atoms with Gasteiger partial charge in [-0.1, -0.05) is 13.8 Å². The normalized spacial score (nSPS) is 22.3. The van der Waals surface area contributed by atoms with Gasteiger partial charge in [0.15, 0.2) is 0 Å². The Balaban J connectivity index is 2.64. The third-order valence-corrected chi connectivity index (χ3v) is 6.46. The number of piperazine rings is 1. The van der Waals surface area contributed by atoms with E-state index in [2.05, 4.69) is 24.1 Å². The molecule has 0 aromatic carbocycles. The summed E-state index contributed by atoms with van der Waals surface area (Å²) < 4.78 is 28.2. The Morgan fingerprint density at radius 2 is 1.92 bits per heavy atom. The van der Waals surface area contributed by atoms with E-state index in [1.165, 1.54) is 7.11 Å². The third-order valence-electron chi connectivity index (χ3n) is 4.29. The molecule has 0 aromatic heterocycles. The molecule has 2 atom stereocenters. The highest BCUT2D eigenvalue weighted by atomic mass is 31.2. The van der Waals surface area contributed by atoms with Crippen LogP contribution in [0.2, 0.25) is 0 Å². The molecule has 0 aliphatic carbocycles. The lowest BCUT2D eigenvalue weighted by molar-refractivity contribution is -0.144. The second kappa shape index (κ2) is 11.3. The van der Waals surface area contributed by atoms with Gasteiger partial charge in [-0.05, 0) is 39.2 Å². The summed E-state index contributed by atoms with van der Waals surface area (Å²) in [5.41, 5.74) is 0. The van der Waals surface area contributed by atoms with Crippen LogP contribution >= 0.6 is 7.60 Å². The zero-order chi connectivity index (χ0) is 18.9. The van der Waals surface area contributed by atoms with Crippen LogP contribution in [-0.2, 0) is 23.1 Å². The Hall–Kier alpha value is -0.460. The Morgan fingerprint density at radius 3 is 2.44 bits per heavy atom. The van der Waals surface area contributed by atoms with Crippen LogP contribution in [0.25, 0.3) is 0 Å². The zero-order valence-electron chi connectivity index (χ0n) is 16.3. The number of hydrogen-bond acceptors (Lipinski definition) is 7. The fourth-order valence-corrected chi connectivity index (χ4v) is 4.88. The van der Waals surface area contributed by atoms with Crippen LogP contribution in [0.5, 0.6) is 0 Å². The predicted molar refractivity (Wildman–Crippen MR) is 99.0 cm³/mol. The first kappa shape index (κ1) is 22.6. The molecule has 1 heterocycles. The summed E-state index contributed by atoms with van der Waals surface area (Å²) in [5, 5.41) is 3.28. The molecule has 1 saturated heterocycles. The highest BCUT2D eigenvalue weighted by Crippen LogP contribution is 2.48. The molecule has 1 rings (SSSR count). The van der Waals surface area contributed by atoms with Crippen LogP contribution in [0.15, 0.2) is 0 Å². The van der Waals surface area contributed by atoms with Crippen molar-refractivity contribution in [2.75, 3.05) is 46.1 Å². The molecule has 0 amide bonds. The predicted octanol–water partition coefficient (Wildman–Crippen LogP) is 2.50. The van der Waals surface area contributed by atoms with Gasteiger partial charge in [0.05, 0.1) is 26.5 Å². The molecule has 1 fully saturated rings. The van der Waals surface area contributed by atoms with Gasteiger partial charge in [-0.15, -0.1) is 0 Å². The lowest BCUT2D eigenvalue weighted by Gasteiger charge is -2.40. The summed E-state index contributed by atoms with van der Waals surface area (Å²) >= 11 is 0. The maximum absolute atomic E-state index is 12.6. The van der Waals surface area contributed by atoms with E-state index >= 15 is 0 Å². The quantitative estimate of drug-likeness (QED) is 0.437. The van der Waals surface area contributed by atoms with Crippen molar-refractivity contribution in [1.29, 1.82) is 0 Å². The van der Waals surface area contributed by atoms with Crippen LogP contribution in [0, 0.1) is 5.92 Å². The molecule has 1 aliphatic rings. The fourth-order valence-electron chi connectivity index (χ4n) is 3.23. The van der Waals surface area contributed by atoms with Gasteiger partial charge < -0.3 is 19.1 Å². The topological polar surface area (TPSA) is 77.1 Å². The van der Waals surface area contributed by atoms with Gasteiger partial charge in [-0.3, -0.25) is 14.3 Å². The Labute approximate surface area is 152 Å². The first-order valence-corrected chi connectivity index (χ1v) is 11.0. The van der Waals surface area contributed by atoms with Crippen molar-refractivity contribution in [2.24, 2.45) is 5.92 Å². The molecule has 0 aromatic rings. The van der Waals surface area contributed by atoms with Crippen molar-refractivity contribution < 1.29 is 23.1 Å². The van der Waals surface area contributed by atoms with Gasteiger partial charge in [-0.2, -0.15) is 0 Å². The number of carbonyl (C=O) groups is 1. The summed E-state index contributed by atoms with van der Waals surface area (Å²) in [5.74, 6) is 0.337. The fraction of sp³-hybridized carbons (Fsp3) is 0.941. The van der Waals surface area contributed by atoms with E-state index in [4.69, 9.17) is 13.8 Å². The molecule has 148 valence electrons. The van der Waals surface area contributed by atoms with E-state index in [9.17, 15) is 9.36 Å². The highest BCUT2D eigenvalue weighted by Gasteiger charge is 2.33. The van der Waals surface area contributed by atoms with E-state index in [0.29, 0.717) is 44.3 Å². The van der Waals surface area contributed by atoms with E-state index in [-0.39, 0.29) is 12.0 Å². The number of carbonyl (C=O) groups excluding carboxylic acids is 1. The molecule has 1 aliphatic heterocycles.